The molecule has 3 N–H and O–H groups in total. The van der Waals surface area contributed by atoms with Crippen LogP contribution >= 0.6 is 11.6 Å². The first kappa shape index (κ1) is 43.1. The molecule has 4 aromatic rings. The smallest absolute Gasteiger partial charge is 0.335 e. The fraction of sp³-hybridized carbons (Fsp3) is 0.467. The van der Waals surface area contributed by atoms with Crippen LogP contribution < -0.4 is 25.8 Å². The van der Waals surface area contributed by atoms with E-state index in [1.807, 2.05) is 43.3 Å². The van der Waals surface area contributed by atoms with Gasteiger partial charge in [-0.05, 0) is 85.3 Å². The van der Waals surface area contributed by atoms with Gasteiger partial charge in [-0.2, -0.15) is 0 Å². The second kappa shape index (κ2) is 17.2. The zero-order chi connectivity index (χ0) is 41.9. The number of nitrogens with one attached hydrogen (secondary N) is 2. The number of hydrogen-bond acceptors (Lipinski definition) is 7. The lowest BCUT2D eigenvalue weighted by molar-refractivity contribution is -0.133. The first-order valence-corrected chi connectivity index (χ1v) is 20.3. The highest BCUT2D eigenvalue weighted by Gasteiger charge is 2.51. The molecular formula is C45H57ClN4O7. The molecule has 5 rings (SSSR count). The molecule has 2 unspecified atom stereocenters. The fourth-order valence-corrected chi connectivity index (χ4v) is 6.81. The SMILES string of the molecule is CCOc1c(O)n(C(C(=O)Nc2cc(NC(=O)C(CC)Oc3ccc(C(C)(C)CC)cc3C(C)(C)CC)ccc2Cl)C(=O)C2(C)CC2)c(=O)n1Cc1ccccc1. The topological polar surface area (TPSA) is 141 Å². The number of nitrogens with zero attached hydrogens (tertiary/aromatic N) is 2. The van der Waals surface area contributed by atoms with Gasteiger partial charge in [-0.1, -0.05) is 109 Å². The lowest BCUT2D eigenvalue weighted by atomic mass is 9.76. The standard InChI is InChI=1S/C45H57ClN4O7/c1-10-34(57-35-22-19-29(43(5,6)11-2)25-31(35)44(7,8)12-3)38(52)47-30-20-21-32(46)33(26-30)48-39(53)36(37(51)45(9)23-24-45)50-40(54)41(56-13-4)49(42(50)55)27-28-17-15-14-16-18-28/h14-22,25-26,34,36,54H,10-13,23-24,27H2,1-9H3,(H,47,52)(H,48,53). The number of carbonyl (C=O) groups excluding carboxylic acids is 3. The molecule has 0 radical (unpaired) electrons. The van der Waals surface area contributed by atoms with Crippen LogP contribution in [0.15, 0.2) is 71.5 Å². The highest BCUT2D eigenvalue weighted by Crippen LogP contribution is 2.49. The monoisotopic (exact) mass is 800 g/mol. The van der Waals surface area contributed by atoms with Crippen molar-refractivity contribution in [1.29, 1.82) is 0 Å². The van der Waals surface area contributed by atoms with E-state index in [-0.39, 0.29) is 40.6 Å². The van der Waals surface area contributed by atoms with Gasteiger partial charge in [-0.15, -0.1) is 0 Å². The molecule has 2 atom stereocenters. The van der Waals surface area contributed by atoms with Crippen molar-refractivity contribution in [3.05, 3.63) is 98.9 Å². The summed E-state index contributed by atoms with van der Waals surface area (Å²) in [7, 11) is 0. The van der Waals surface area contributed by atoms with E-state index in [0.717, 1.165) is 28.5 Å². The largest absolute Gasteiger partial charge is 0.491 e. The quantitative estimate of drug-likeness (QED) is 0.0853. The number of rotatable bonds is 18. The third-order valence-corrected chi connectivity index (χ3v) is 11.9. The van der Waals surface area contributed by atoms with Gasteiger partial charge >= 0.3 is 5.69 Å². The Hall–Kier alpha value is -5.03. The average Bonchev–Trinajstić information content (AvgIpc) is 3.91. The molecule has 3 aromatic carbocycles. The number of Topliss-reactive ketones (excluding diaryl/α,β-unsaturated/α-hetero) is 1. The van der Waals surface area contributed by atoms with Gasteiger partial charge in [0.25, 0.3) is 23.6 Å². The maximum atomic E-state index is 14.2. The third kappa shape index (κ3) is 9.25. The number of ketones is 1. The second-order valence-corrected chi connectivity index (χ2v) is 16.9. The van der Waals surface area contributed by atoms with Crippen molar-refractivity contribution in [3.8, 4) is 17.5 Å². The van der Waals surface area contributed by atoms with Crippen molar-refractivity contribution in [3.63, 3.8) is 0 Å². The molecule has 0 saturated heterocycles. The van der Waals surface area contributed by atoms with Crippen molar-refractivity contribution in [2.45, 2.75) is 124 Å². The van der Waals surface area contributed by atoms with Crippen LogP contribution in [0.3, 0.4) is 0 Å². The number of amides is 2. The van der Waals surface area contributed by atoms with Crippen LogP contribution in [0.5, 0.6) is 17.5 Å². The van der Waals surface area contributed by atoms with Crippen LogP contribution in [0, 0.1) is 5.41 Å². The second-order valence-electron chi connectivity index (χ2n) is 16.5. The van der Waals surface area contributed by atoms with Gasteiger partial charge < -0.3 is 25.2 Å². The molecule has 306 valence electrons. The molecule has 1 saturated carbocycles. The van der Waals surface area contributed by atoms with Crippen LogP contribution in [0.25, 0.3) is 0 Å². The van der Waals surface area contributed by atoms with E-state index < -0.39 is 46.7 Å². The molecule has 2 amide bonds. The lowest BCUT2D eigenvalue weighted by Crippen LogP contribution is -2.41. The van der Waals surface area contributed by atoms with E-state index in [1.165, 1.54) is 22.3 Å². The average molecular weight is 801 g/mol. The molecule has 12 heteroatoms. The molecular weight excluding hydrogens is 744 g/mol. The van der Waals surface area contributed by atoms with Gasteiger partial charge in [-0.3, -0.25) is 19.0 Å². The number of imidazole rings is 1. The zero-order valence-corrected chi connectivity index (χ0v) is 35.4. The number of aromatic hydroxyl groups is 1. The Labute approximate surface area is 340 Å². The summed E-state index contributed by atoms with van der Waals surface area (Å²) in [5, 5.41) is 17.2. The van der Waals surface area contributed by atoms with E-state index in [2.05, 4.69) is 64.3 Å². The summed E-state index contributed by atoms with van der Waals surface area (Å²) >= 11 is 6.58. The molecule has 0 aliphatic heterocycles. The van der Waals surface area contributed by atoms with Crippen molar-refractivity contribution in [2.75, 3.05) is 17.2 Å². The summed E-state index contributed by atoms with van der Waals surface area (Å²) in [6.07, 6.45) is 2.42. The fourth-order valence-electron chi connectivity index (χ4n) is 6.64. The molecule has 0 spiro atoms. The van der Waals surface area contributed by atoms with Gasteiger partial charge in [0.2, 0.25) is 0 Å². The predicted molar refractivity (Wildman–Crippen MR) is 225 cm³/mol. The lowest BCUT2D eigenvalue weighted by Gasteiger charge is -2.31. The van der Waals surface area contributed by atoms with Gasteiger partial charge in [0.05, 0.1) is 23.9 Å². The summed E-state index contributed by atoms with van der Waals surface area (Å²) in [4.78, 5) is 56.1. The van der Waals surface area contributed by atoms with E-state index in [9.17, 15) is 24.3 Å². The van der Waals surface area contributed by atoms with Crippen molar-refractivity contribution in [2.24, 2.45) is 5.41 Å². The van der Waals surface area contributed by atoms with Gasteiger partial charge in [-0.25, -0.2) is 9.36 Å². The van der Waals surface area contributed by atoms with Gasteiger partial charge in [0, 0.05) is 16.7 Å². The molecule has 1 aliphatic rings. The Morgan fingerprint density at radius 3 is 2.16 bits per heavy atom. The molecule has 1 aliphatic carbocycles. The Bertz CT molecular complexity index is 2170. The minimum absolute atomic E-state index is 0.0281. The molecule has 1 heterocycles. The first-order valence-electron chi connectivity index (χ1n) is 19.9. The van der Waals surface area contributed by atoms with Crippen molar-refractivity contribution in [1.82, 2.24) is 9.13 Å². The Morgan fingerprint density at radius 1 is 0.895 bits per heavy atom. The highest BCUT2D eigenvalue weighted by molar-refractivity contribution is 6.34. The number of halogens is 1. The molecule has 11 nitrogen and oxygen atoms in total. The Morgan fingerprint density at radius 2 is 1.56 bits per heavy atom. The molecule has 0 bridgehead atoms. The Kier molecular flexibility index (Phi) is 13.0. The van der Waals surface area contributed by atoms with Crippen LogP contribution in [0.1, 0.15) is 117 Å². The van der Waals surface area contributed by atoms with Crippen molar-refractivity contribution < 1.29 is 29.0 Å². The number of benzene rings is 3. The van der Waals surface area contributed by atoms with E-state index >= 15 is 0 Å². The summed E-state index contributed by atoms with van der Waals surface area (Å²) in [5.74, 6) is -1.96. The summed E-state index contributed by atoms with van der Waals surface area (Å²) in [6.45, 7) is 18.5. The zero-order valence-electron chi connectivity index (χ0n) is 34.6. The molecule has 1 aromatic heterocycles. The number of hydrogen-bond donors (Lipinski definition) is 3. The minimum Gasteiger partial charge on any atom is -0.491 e. The van der Waals surface area contributed by atoms with Crippen LogP contribution in [-0.2, 0) is 31.8 Å². The maximum absolute atomic E-state index is 14.2. The predicted octanol–water partition coefficient (Wildman–Crippen LogP) is 9.18. The van der Waals surface area contributed by atoms with Crippen molar-refractivity contribution >= 4 is 40.6 Å². The minimum atomic E-state index is -1.75. The van der Waals surface area contributed by atoms with E-state index in [4.69, 9.17) is 21.1 Å². The number of carbonyl (C=O) groups is 3. The summed E-state index contributed by atoms with van der Waals surface area (Å²) < 4.78 is 14.2. The number of aromatic nitrogens is 2. The first-order chi connectivity index (χ1) is 26.9. The van der Waals surface area contributed by atoms with Crippen LogP contribution in [0.2, 0.25) is 5.02 Å². The normalized spacial score (nSPS) is 14.7. The van der Waals surface area contributed by atoms with Gasteiger partial charge in [0.1, 0.15) is 5.75 Å². The molecule has 1 fully saturated rings. The maximum Gasteiger partial charge on any atom is 0.335 e. The molecule has 57 heavy (non-hydrogen) atoms. The summed E-state index contributed by atoms with van der Waals surface area (Å²) in [6, 6.07) is 18.2. The van der Waals surface area contributed by atoms with Crippen LogP contribution in [0.4, 0.5) is 11.4 Å². The van der Waals surface area contributed by atoms with Crippen LogP contribution in [-0.4, -0.2) is 44.5 Å². The number of anilines is 2. The Balaban J connectivity index is 1.43. The number of ether oxygens (including phenoxy) is 2. The van der Waals surface area contributed by atoms with E-state index in [0.29, 0.717) is 30.7 Å². The van der Waals surface area contributed by atoms with E-state index in [1.54, 1.807) is 19.9 Å². The highest BCUT2D eigenvalue weighted by atomic mass is 35.5. The summed E-state index contributed by atoms with van der Waals surface area (Å²) in [5.41, 5.74) is 1.51. The third-order valence-electron chi connectivity index (χ3n) is 11.6. The van der Waals surface area contributed by atoms with Gasteiger partial charge in [0.15, 0.2) is 17.9 Å².